The van der Waals surface area contributed by atoms with E-state index in [0.29, 0.717) is 11.0 Å². The molecule has 0 bridgehead atoms. The number of rotatable bonds is 5. The Kier molecular flexibility index (Phi) is 4.79. The first-order chi connectivity index (χ1) is 9.56. The summed E-state index contributed by atoms with van der Waals surface area (Å²) in [4.78, 5) is 19.2. The number of nitrogens with zero attached hydrogens (tertiary/aromatic N) is 1. The summed E-state index contributed by atoms with van der Waals surface area (Å²) in [6, 6.07) is 7.30. The fourth-order valence-corrected chi connectivity index (χ4v) is 2.21. The maximum absolute atomic E-state index is 12.8. The molecule has 0 spiro atoms. The second kappa shape index (κ2) is 6.56. The second-order valence-electron chi connectivity index (χ2n) is 4.28. The summed E-state index contributed by atoms with van der Waals surface area (Å²) in [5.74, 6) is -0.00244. The number of aromatic amines is 1. The van der Waals surface area contributed by atoms with Gasteiger partial charge in [0.1, 0.15) is 5.82 Å². The van der Waals surface area contributed by atoms with Gasteiger partial charge in [-0.15, -0.1) is 0 Å². The van der Waals surface area contributed by atoms with Crippen LogP contribution >= 0.6 is 11.8 Å². The second-order valence-corrected chi connectivity index (χ2v) is 5.34. The molecule has 0 aliphatic carbocycles. The van der Waals surface area contributed by atoms with Crippen LogP contribution in [0.25, 0.3) is 0 Å². The molecule has 0 radical (unpaired) electrons. The Balaban J connectivity index is 2.19. The minimum absolute atomic E-state index is 0.00651. The molecule has 0 amide bonds. The third kappa shape index (κ3) is 4.09. The molecule has 106 valence electrons. The van der Waals surface area contributed by atoms with Crippen LogP contribution in [0.1, 0.15) is 20.3 Å². The molecule has 1 aromatic carbocycles. The van der Waals surface area contributed by atoms with Crippen LogP contribution in [0.3, 0.4) is 0 Å². The summed E-state index contributed by atoms with van der Waals surface area (Å²) in [6.45, 7) is 3.90. The smallest absolute Gasteiger partial charge is 0.255 e. The van der Waals surface area contributed by atoms with E-state index in [4.69, 9.17) is 4.74 Å². The molecule has 0 saturated carbocycles. The van der Waals surface area contributed by atoms with E-state index in [-0.39, 0.29) is 17.5 Å². The first-order valence-corrected chi connectivity index (χ1v) is 7.10. The van der Waals surface area contributed by atoms with Crippen LogP contribution in [0, 0.1) is 5.82 Å². The van der Waals surface area contributed by atoms with Gasteiger partial charge < -0.3 is 9.72 Å². The van der Waals surface area contributed by atoms with E-state index in [1.807, 2.05) is 13.8 Å². The largest absolute Gasteiger partial charge is 0.474 e. The number of ether oxygens (including phenoxy) is 1. The topological polar surface area (TPSA) is 55.0 Å². The summed E-state index contributed by atoms with van der Waals surface area (Å²) in [5, 5.41) is 0.419. The van der Waals surface area contributed by atoms with E-state index in [2.05, 4.69) is 9.97 Å². The number of halogens is 1. The van der Waals surface area contributed by atoms with E-state index in [1.54, 1.807) is 12.1 Å². The highest BCUT2D eigenvalue weighted by Gasteiger charge is 2.07. The van der Waals surface area contributed by atoms with E-state index in [1.165, 1.54) is 30.0 Å². The third-order valence-electron chi connectivity index (χ3n) is 2.62. The van der Waals surface area contributed by atoms with Gasteiger partial charge in [0.2, 0.25) is 5.88 Å². The Morgan fingerprint density at radius 1 is 1.40 bits per heavy atom. The lowest BCUT2D eigenvalue weighted by atomic mass is 10.3. The van der Waals surface area contributed by atoms with Crippen LogP contribution in [0.2, 0.25) is 0 Å². The molecule has 2 rings (SSSR count). The number of hydrogen-bond donors (Lipinski definition) is 1. The van der Waals surface area contributed by atoms with E-state index >= 15 is 0 Å². The monoisotopic (exact) mass is 294 g/mol. The first-order valence-electron chi connectivity index (χ1n) is 6.28. The van der Waals surface area contributed by atoms with Gasteiger partial charge in [-0.2, -0.15) is 4.98 Å². The van der Waals surface area contributed by atoms with Crippen LogP contribution in [0.4, 0.5) is 4.39 Å². The molecule has 2 aromatic rings. The molecule has 20 heavy (non-hydrogen) atoms. The SMILES string of the molecule is CCC(C)Oc1cc(=O)[nH]c(Sc2ccc(F)cc2)n1. The highest BCUT2D eigenvalue weighted by Crippen LogP contribution is 2.25. The molecule has 1 N–H and O–H groups in total. The van der Waals surface area contributed by atoms with Crippen LogP contribution < -0.4 is 10.3 Å². The lowest BCUT2D eigenvalue weighted by Gasteiger charge is -2.11. The van der Waals surface area contributed by atoms with Crippen LogP contribution in [0.15, 0.2) is 45.2 Å². The van der Waals surface area contributed by atoms with Gasteiger partial charge in [-0.25, -0.2) is 4.39 Å². The van der Waals surface area contributed by atoms with Crippen molar-refractivity contribution in [3.05, 3.63) is 46.5 Å². The maximum Gasteiger partial charge on any atom is 0.255 e. The van der Waals surface area contributed by atoms with Crippen molar-refractivity contribution in [3.8, 4) is 5.88 Å². The minimum atomic E-state index is -0.301. The summed E-state index contributed by atoms with van der Waals surface area (Å²) < 4.78 is 18.4. The molecule has 6 heteroatoms. The number of H-pyrrole nitrogens is 1. The van der Waals surface area contributed by atoms with Gasteiger partial charge >= 0.3 is 0 Å². The average molecular weight is 294 g/mol. The Bertz CT molecular complexity index is 628. The van der Waals surface area contributed by atoms with Crippen molar-refractivity contribution >= 4 is 11.8 Å². The molecule has 0 aliphatic rings. The highest BCUT2D eigenvalue weighted by molar-refractivity contribution is 7.99. The van der Waals surface area contributed by atoms with Crippen molar-refractivity contribution in [2.45, 2.75) is 36.4 Å². The first kappa shape index (κ1) is 14.6. The summed E-state index contributed by atoms with van der Waals surface area (Å²) in [7, 11) is 0. The summed E-state index contributed by atoms with van der Waals surface area (Å²) >= 11 is 1.25. The Labute approximate surface area is 120 Å². The number of nitrogens with one attached hydrogen (secondary N) is 1. The standard InChI is InChI=1S/C14H15FN2O2S/c1-3-9(2)19-13-8-12(18)16-14(17-13)20-11-6-4-10(15)5-7-11/h4-9H,3H2,1-2H3,(H,16,17,18). The predicted octanol–water partition coefficient (Wildman–Crippen LogP) is 3.24. The zero-order valence-corrected chi connectivity index (χ0v) is 12.0. The minimum Gasteiger partial charge on any atom is -0.474 e. The molecule has 1 atom stereocenters. The average Bonchev–Trinajstić information content (AvgIpc) is 2.40. The lowest BCUT2D eigenvalue weighted by Crippen LogP contribution is -2.15. The molecule has 0 aliphatic heterocycles. The molecule has 1 aromatic heterocycles. The van der Waals surface area contributed by atoms with Gasteiger partial charge in [0.15, 0.2) is 5.16 Å². The van der Waals surface area contributed by atoms with Crippen molar-refractivity contribution in [1.82, 2.24) is 9.97 Å². The fourth-order valence-electron chi connectivity index (χ4n) is 1.43. The molecule has 0 saturated heterocycles. The molecule has 1 heterocycles. The van der Waals surface area contributed by atoms with Crippen LogP contribution in [-0.4, -0.2) is 16.1 Å². The highest BCUT2D eigenvalue weighted by atomic mass is 32.2. The van der Waals surface area contributed by atoms with Gasteiger partial charge in [-0.05, 0) is 37.6 Å². The van der Waals surface area contributed by atoms with E-state index < -0.39 is 0 Å². The third-order valence-corrected chi connectivity index (χ3v) is 3.52. The van der Waals surface area contributed by atoms with Crippen molar-refractivity contribution in [2.75, 3.05) is 0 Å². The molecular formula is C14H15FN2O2S. The fraction of sp³-hybridized carbons (Fsp3) is 0.286. The normalized spacial score (nSPS) is 12.2. The zero-order chi connectivity index (χ0) is 14.5. The van der Waals surface area contributed by atoms with Gasteiger partial charge in [-0.1, -0.05) is 18.7 Å². The van der Waals surface area contributed by atoms with Crippen molar-refractivity contribution in [1.29, 1.82) is 0 Å². The number of hydrogen-bond acceptors (Lipinski definition) is 4. The molecular weight excluding hydrogens is 279 g/mol. The van der Waals surface area contributed by atoms with E-state index in [0.717, 1.165) is 11.3 Å². The summed E-state index contributed by atoms with van der Waals surface area (Å²) in [6.07, 6.45) is 0.822. The maximum atomic E-state index is 12.8. The lowest BCUT2D eigenvalue weighted by molar-refractivity contribution is 0.206. The Morgan fingerprint density at radius 2 is 2.10 bits per heavy atom. The van der Waals surface area contributed by atoms with Gasteiger partial charge in [0.25, 0.3) is 5.56 Å². The van der Waals surface area contributed by atoms with Gasteiger partial charge in [0, 0.05) is 4.90 Å². The number of aromatic nitrogens is 2. The van der Waals surface area contributed by atoms with Crippen molar-refractivity contribution in [3.63, 3.8) is 0 Å². The van der Waals surface area contributed by atoms with Crippen LogP contribution in [0.5, 0.6) is 5.88 Å². The quantitative estimate of drug-likeness (QED) is 0.860. The van der Waals surface area contributed by atoms with Gasteiger partial charge in [-0.3, -0.25) is 4.79 Å². The predicted molar refractivity (Wildman–Crippen MR) is 75.8 cm³/mol. The molecule has 1 unspecified atom stereocenters. The zero-order valence-electron chi connectivity index (χ0n) is 11.2. The van der Waals surface area contributed by atoms with Gasteiger partial charge in [0.05, 0.1) is 12.2 Å². The van der Waals surface area contributed by atoms with E-state index in [9.17, 15) is 9.18 Å². The Hall–Kier alpha value is -1.82. The number of benzene rings is 1. The van der Waals surface area contributed by atoms with Crippen LogP contribution in [-0.2, 0) is 0 Å². The van der Waals surface area contributed by atoms with Crippen molar-refractivity contribution in [2.24, 2.45) is 0 Å². The van der Waals surface area contributed by atoms with Crippen molar-refractivity contribution < 1.29 is 9.13 Å². The molecule has 4 nitrogen and oxygen atoms in total. The Morgan fingerprint density at radius 3 is 2.75 bits per heavy atom. The summed E-state index contributed by atoms with van der Waals surface area (Å²) in [5.41, 5.74) is -0.275. The molecule has 0 fully saturated rings.